The molecule has 0 radical (unpaired) electrons. The first-order valence-corrected chi connectivity index (χ1v) is 7.30. The average Bonchev–Trinajstić information content (AvgIpc) is 2.43. The number of hydrogen-bond acceptors (Lipinski definition) is 5. The van der Waals surface area contributed by atoms with Crippen molar-refractivity contribution in [3.8, 4) is 0 Å². The van der Waals surface area contributed by atoms with Crippen molar-refractivity contribution < 1.29 is 14.3 Å². The number of carbonyl (C=O) groups excluding carboxylic acids is 2. The standard InChI is InChI=1S/C15H24N4O3/c1-6-10(2)11(18-14(21)22-15(3,4)5)12(20)19-13-16-8-7-9-17-13/h7-11H,6H2,1-5H3,(H,18,21)(H,16,17,19,20)/t10?,11-/m0/s1. The van der Waals surface area contributed by atoms with Crippen molar-refractivity contribution in [1.29, 1.82) is 0 Å². The van der Waals surface area contributed by atoms with Gasteiger partial charge in [0.25, 0.3) is 0 Å². The summed E-state index contributed by atoms with van der Waals surface area (Å²) in [6.07, 6.45) is 3.16. The predicted molar refractivity (Wildman–Crippen MR) is 83.3 cm³/mol. The van der Waals surface area contributed by atoms with E-state index in [1.54, 1.807) is 26.8 Å². The van der Waals surface area contributed by atoms with Crippen LogP contribution < -0.4 is 10.6 Å². The number of hydrogen-bond donors (Lipinski definition) is 2. The molecule has 0 aliphatic carbocycles. The molecule has 0 fully saturated rings. The molecule has 0 aliphatic rings. The minimum atomic E-state index is -0.719. The minimum Gasteiger partial charge on any atom is -0.444 e. The Labute approximate surface area is 130 Å². The van der Waals surface area contributed by atoms with E-state index in [1.807, 2.05) is 13.8 Å². The molecule has 0 aromatic carbocycles. The van der Waals surface area contributed by atoms with Crippen LogP contribution in [0.1, 0.15) is 41.0 Å². The zero-order valence-corrected chi connectivity index (χ0v) is 13.7. The fraction of sp³-hybridized carbons (Fsp3) is 0.600. The number of alkyl carbamates (subject to hydrolysis) is 1. The van der Waals surface area contributed by atoms with Gasteiger partial charge < -0.3 is 10.1 Å². The van der Waals surface area contributed by atoms with Crippen LogP contribution in [-0.4, -0.2) is 33.6 Å². The Balaban J connectivity index is 2.75. The second-order valence-corrected chi connectivity index (χ2v) is 6.07. The van der Waals surface area contributed by atoms with E-state index in [0.29, 0.717) is 0 Å². The molecule has 1 aromatic rings. The van der Waals surface area contributed by atoms with Gasteiger partial charge >= 0.3 is 6.09 Å². The number of amides is 2. The van der Waals surface area contributed by atoms with Crippen LogP contribution >= 0.6 is 0 Å². The van der Waals surface area contributed by atoms with Crippen LogP contribution in [0.15, 0.2) is 18.5 Å². The third kappa shape index (κ3) is 6.07. The van der Waals surface area contributed by atoms with E-state index in [2.05, 4.69) is 20.6 Å². The molecule has 7 heteroatoms. The summed E-state index contributed by atoms with van der Waals surface area (Å²) in [5.41, 5.74) is -0.622. The van der Waals surface area contributed by atoms with Crippen molar-refractivity contribution in [1.82, 2.24) is 15.3 Å². The van der Waals surface area contributed by atoms with E-state index in [9.17, 15) is 9.59 Å². The van der Waals surface area contributed by atoms with E-state index in [4.69, 9.17) is 4.74 Å². The summed E-state index contributed by atoms with van der Waals surface area (Å²) in [5, 5.41) is 5.21. The van der Waals surface area contributed by atoms with E-state index in [0.717, 1.165) is 6.42 Å². The van der Waals surface area contributed by atoms with Crippen LogP contribution in [0, 0.1) is 5.92 Å². The number of aromatic nitrogens is 2. The molecule has 0 saturated carbocycles. The molecule has 122 valence electrons. The lowest BCUT2D eigenvalue weighted by atomic mass is 9.98. The van der Waals surface area contributed by atoms with Gasteiger partial charge in [0.1, 0.15) is 11.6 Å². The zero-order valence-electron chi connectivity index (χ0n) is 13.7. The zero-order chi connectivity index (χ0) is 16.8. The highest BCUT2D eigenvalue weighted by Gasteiger charge is 2.28. The highest BCUT2D eigenvalue weighted by molar-refractivity contribution is 5.95. The SMILES string of the molecule is CCC(C)[C@H](NC(=O)OC(C)(C)C)C(=O)Nc1ncccn1. The summed E-state index contributed by atoms with van der Waals surface area (Å²) in [7, 11) is 0. The number of ether oxygens (including phenoxy) is 1. The highest BCUT2D eigenvalue weighted by Crippen LogP contribution is 2.12. The van der Waals surface area contributed by atoms with Crippen LogP contribution in [0.4, 0.5) is 10.7 Å². The molecule has 1 rings (SSSR count). The Bertz CT molecular complexity index is 499. The maximum Gasteiger partial charge on any atom is 0.408 e. The van der Waals surface area contributed by atoms with E-state index < -0.39 is 17.7 Å². The molecule has 0 aliphatic heterocycles. The number of carbonyl (C=O) groups is 2. The summed E-state index contributed by atoms with van der Waals surface area (Å²) < 4.78 is 5.20. The predicted octanol–water partition coefficient (Wildman–Crippen LogP) is 2.35. The normalized spacial score (nSPS) is 13.9. The van der Waals surface area contributed by atoms with Crippen LogP contribution in [0.25, 0.3) is 0 Å². The van der Waals surface area contributed by atoms with Gasteiger partial charge in [-0.05, 0) is 32.8 Å². The van der Waals surface area contributed by atoms with Gasteiger partial charge in [-0.3, -0.25) is 10.1 Å². The summed E-state index contributed by atoms with van der Waals surface area (Å²) >= 11 is 0. The Hall–Kier alpha value is -2.18. The molecule has 22 heavy (non-hydrogen) atoms. The van der Waals surface area contributed by atoms with Crippen molar-refractivity contribution in [2.24, 2.45) is 5.92 Å². The maximum absolute atomic E-state index is 12.4. The molecule has 1 heterocycles. The van der Waals surface area contributed by atoms with Gasteiger partial charge in [-0.2, -0.15) is 0 Å². The minimum absolute atomic E-state index is 0.0590. The topological polar surface area (TPSA) is 93.2 Å². The lowest BCUT2D eigenvalue weighted by molar-refractivity contribution is -0.119. The molecule has 0 saturated heterocycles. The van der Waals surface area contributed by atoms with Crippen molar-refractivity contribution in [3.05, 3.63) is 18.5 Å². The van der Waals surface area contributed by atoms with E-state index in [-0.39, 0.29) is 17.8 Å². The van der Waals surface area contributed by atoms with Gasteiger partial charge in [-0.1, -0.05) is 20.3 Å². The summed E-state index contributed by atoms with van der Waals surface area (Å²) in [5.74, 6) is -0.227. The molecular formula is C15H24N4O3. The van der Waals surface area contributed by atoms with Gasteiger partial charge in [0.05, 0.1) is 0 Å². The second-order valence-electron chi connectivity index (χ2n) is 6.07. The van der Waals surface area contributed by atoms with Crippen LogP contribution in [0.5, 0.6) is 0 Å². The first-order valence-electron chi connectivity index (χ1n) is 7.30. The van der Waals surface area contributed by atoms with E-state index >= 15 is 0 Å². The van der Waals surface area contributed by atoms with Crippen molar-refractivity contribution in [3.63, 3.8) is 0 Å². The lowest BCUT2D eigenvalue weighted by Crippen LogP contribution is -2.49. The van der Waals surface area contributed by atoms with Crippen molar-refractivity contribution >= 4 is 17.9 Å². The van der Waals surface area contributed by atoms with Crippen LogP contribution in [-0.2, 0) is 9.53 Å². The third-order valence-electron chi connectivity index (χ3n) is 2.97. The van der Waals surface area contributed by atoms with Crippen LogP contribution in [0.3, 0.4) is 0 Å². The van der Waals surface area contributed by atoms with Crippen molar-refractivity contribution in [2.45, 2.75) is 52.7 Å². The van der Waals surface area contributed by atoms with Gasteiger partial charge in [-0.25, -0.2) is 14.8 Å². The van der Waals surface area contributed by atoms with Crippen molar-refractivity contribution in [2.75, 3.05) is 5.32 Å². The lowest BCUT2D eigenvalue weighted by Gasteiger charge is -2.26. The van der Waals surface area contributed by atoms with Crippen LogP contribution in [0.2, 0.25) is 0 Å². The Morgan fingerprint density at radius 2 is 1.86 bits per heavy atom. The molecule has 0 spiro atoms. The molecule has 1 unspecified atom stereocenters. The number of nitrogens with zero attached hydrogens (tertiary/aromatic N) is 2. The molecule has 7 nitrogen and oxygen atoms in total. The molecule has 2 amide bonds. The van der Waals surface area contributed by atoms with Gasteiger partial charge in [0.15, 0.2) is 0 Å². The number of rotatable bonds is 5. The quantitative estimate of drug-likeness (QED) is 0.871. The molecular weight excluding hydrogens is 284 g/mol. The summed E-state index contributed by atoms with van der Waals surface area (Å²) in [6, 6.07) is 0.935. The first-order chi connectivity index (χ1) is 10.2. The number of anilines is 1. The Kier molecular flexibility index (Phi) is 6.27. The second kappa shape index (κ2) is 7.72. The summed E-state index contributed by atoms with van der Waals surface area (Å²) in [6.45, 7) is 9.13. The molecule has 0 bridgehead atoms. The third-order valence-corrected chi connectivity index (χ3v) is 2.97. The summed E-state index contributed by atoms with van der Waals surface area (Å²) in [4.78, 5) is 32.1. The first kappa shape index (κ1) is 17.9. The fourth-order valence-corrected chi connectivity index (χ4v) is 1.69. The van der Waals surface area contributed by atoms with Gasteiger partial charge in [0.2, 0.25) is 11.9 Å². The smallest absolute Gasteiger partial charge is 0.408 e. The van der Waals surface area contributed by atoms with Gasteiger partial charge in [0, 0.05) is 12.4 Å². The Morgan fingerprint density at radius 3 is 2.36 bits per heavy atom. The molecule has 2 atom stereocenters. The molecule has 1 aromatic heterocycles. The average molecular weight is 308 g/mol. The van der Waals surface area contributed by atoms with E-state index in [1.165, 1.54) is 12.4 Å². The highest BCUT2D eigenvalue weighted by atomic mass is 16.6. The Morgan fingerprint density at radius 1 is 1.27 bits per heavy atom. The maximum atomic E-state index is 12.4. The monoisotopic (exact) mass is 308 g/mol. The fourth-order valence-electron chi connectivity index (χ4n) is 1.69. The largest absolute Gasteiger partial charge is 0.444 e. The molecule has 2 N–H and O–H groups in total. The van der Waals surface area contributed by atoms with Gasteiger partial charge in [-0.15, -0.1) is 0 Å². The number of nitrogens with one attached hydrogen (secondary N) is 2.